The third kappa shape index (κ3) is 4.99. The number of anilines is 2. The number of amides is 1. The Morgan fingerprint density at radius 1 is 1.24 bits per heavy atom. The van der Waals surface area contributed by atoms with Gasteiger partial charge in [0.25, 0.3) is 14.4 Å². The lowest BCUT2D eigenvalue weighted by molar-refractivity contribution is -0.116. The lowest BCUT2D eigenvalue weighted by atomic mass is 10.2. The molecule has 0 radical (unpaired) electrons. The Morgan fingerprint density at radius 3 is 2.52 bits per heavy atom. The molecule has 136 valence electrons. The van der Waals surface area contributed by atoms with Crippen molar-refractivity contribution in [2.24, 2.45) is 5.92 Å². The summed E-state index contributed by atoms with van der Waals surface area (Å²) < 4.78 is 27.2. The molecular weight excluding hydrogens is 360 g/mol. The van der Waals surface area contributed by atoms with E-state index in [9.17, 15) is 13.2 Å². The molecule has 1 heterocycles. The second-order valence-corrected chi connectivity index (χ2v) is 8.95. The van der Waals surface area contributed by atoms with Gasteiger partial charge in [0.15, 0.2) is 0 Å². The third-order valence-corrected chi connectivity index (χ3v) is 6.19. The Labute approximate surface area is 152 Å². The standard InChI is InChI=1S/C16H22N4O3S2/c1-4-8-14(21)17-15-18-19-16(24-15)25(22,23)20(11-12(2)3)13-9-6-5-7-10-13/h5-7,9-10,12H,4,8,11H2,1-3H3,(H,17,18,21). The molecule has 0 atom stereocenters. The summed E-state index contributed by atoms with van der Waals surface area (Å²) in [5.41, 5.74) is 0.572. The monoisotopic (exact) mass is 382 g/mol. The number of carbonyl (C=O) groups excluding carboxylic acids is 1. The van der Waals surface area contributed by atoms with E-state index in [4.69, 9.17) is 0 Å². The number of hydrogen-bond donors (Lipinski definition) is 1. The first-order chi connectivity index (χ1) is 11.8. The van der Waals surface area contributed by atoms with Gasteiger partial charge in [0, 0.05) is 13.0 Å². The Balaban J connectivity index is 2.31. The van der Waals surface area contributed by atoms with Crippen LogP contribution in [0.2, 0.25) is 0 Å². The van der Waals surface area contributed by atoms with Crippen molar-refractivity contribution in [1.82, 2.24) is 10.2 Å². The first-order valence-electron chi connectivity index (χ1n) is 8.05. The molecule has 0 aliphatic rings. The second kappa shape index (κ2) is 8.39. The van der Waals surface area contributed by atoms with E-state index in [2.05, 4.69) is 15.5 Å². The largest absolute Gasteiger partial charge is 0.301 e. The Bertz CT molecular complexity index is 804. The lowest BCUT2D eigenvalue weighted by Gasteiger charge is -2.24. The maximum Gasteiger partial charge on any atom is 0.293 e. The highest BCUT2D eigenvalue weighted by molar-refractivity contribution is 7.94. The quantitative estimate of drug-likeness (QED) is 0.708. The van der Waals surface area contributed by atoms with Crippen LogP contribution in [0.1, 0.15) is 33.6 Å². The molecule has 0 unspecified atom stereocenters. The zero-order chi connectivity index (χ0) is 18.4. The molecular formula is C16H22N4O3S2. The fourth-order valence-corrected chi connectivity index (χ4v) is 4.78. The summed E-state index contributed by atoms with van der Waals surface area (Å²) in [6, 6.07) is 8.88. The third-order valence-electron chi connectivity index (χ3n) is 3.22. The zero-order valence-corrected chi connectivity index (χ0v) is 16.1. The molecule has 0 fully saturated rings. The van der Waals surface area contributed by atoms with Gasteiger partial charge < -0.3 is 5.32 Å². The Kier molecular flexibility index (Phi) is 6.49. The number of carbonyl (C=O) groups is 1. The molecule has 0 spiro atoms. The summed E-state index contributed by atoms with van der Waals surface area (Å²) in [7, 11) is -3.85. The summed E-state index contributed by atoms with van der Waals surface area (Å²) in [6.45, 7) is 6.10. The van der Waals surface area contributed by atoms with Crippen LogP contribution >= 0.6 is 11.3 Å². The van der Waals surface area contributed by atoms with E-state index in [1.165, 1.54) is 4.31 Å². The molecule has 0 saturated carbocycles. The van der Waals surface area contributed by atoms with Crippen LogP contribution in [0, 0.1) is 5.92 Å². The fourth-order valence-electron chi connectivity index (χ4n) is 2.14. The SMILES string of the molecule is CCCC(=O)Nc1nnc(S(=O)(=O)N(CC(C)C)c2ccccc2)s1. The molecule has 9 heteroatoms. The molecule has 7 nitrogen and oxygen atoms in total. The minimum absolute atomic E-state index is 0.131. The van der Waals surface area contributed by atoms with Gasteiger partial charge in [-0.3, -0.25) is 9.10 Å². The van der Waals surface area contributed by atoms with Crippen LogP contribution in [0.15, 0.2) is 34.7 Å². The van der Waals surface area contributed by atoms with E-state index in [1.807, 2.05) is 26.8 Å². The van der Waals surface area contributed by atoms with E-state index >= 15 is 0 Å². The number of aromatic nitrogens is 2. The van der Waals surface area contributed by atoms with E-state index in [0.717, 1.165) is 11.3 Å². The van der Waals surface area contributed by atoms with Crippen LogP contribution in [0.5, 0.6) is 0 Å². The zero-order valence-electron chi connectivity index (χ0n) is 14.5. The van der Waals surface area contributed by atoms with Gasteiger partial charge in [-0.1, -0.05) is 50.3 Å². The van der Waals surface area contributed by atoms with Gasteiger partial charge >= 0.3 is 0 Å². The van der Waals surface area contributed by atoms with Crippen LogP contribution in [-0.4, -0.2) is 31.1 Å². The Morgan fingerprint density at radius 2 is 1.92 bits per heavy atom. The number of sulfonamides is 1. The summed E-state index contributed by atoms with van der Waals surface area (Å²) in [5.74, 6) is -0.0728. The predicted octanol–water partition coefficient (Wildman–Crippen LogP) is 3.13. The minimum Gasteiger partial charge on any atom is -0.301 e. The van der Waals surface area contributed by atoms with Gasteiger partial charge in [-0.15, -0.1) is 10.2 Å². The lowest BCUT2D eigenvalue weighted by Crippen LogP contribution is -2.34. The molecule has 0 aliphatic heterocycles. The highest BCUT2D eigenvalue weighted by Gasteiger charge is 2.29. The van der Waals surface area contributed by atoms with Crippen molar-refractivity contribution in [3.8, 4) is 0 Å². The fraction of sp³-hybridized carbons (Fsp3) is 0.438. The van der Waals surface area contributed by atoms with Gasteiger partial charge in [0.2, 0.25) is 11.0 Å². The van der Waals surface area contributed by atoms with Crippen LogP contribution < -0.4 is 9.62 Å². The topological polar surface area (TPSA) is 92.3 Å². The van der Waals surface area contributed by atoms with E-state index < -0.39 is 10.0 Å². The van der Waals surface area contributed by atoms with Gasteiger partial charge in [0.05, 0.1) is 5.69 Å². The summed E-state index contributed by atoms with van der Waals surface area (Å²) >= 11 is 0.860. The molecule has 1 aromatic carbocycles. The highest BCUT2D eigenvalue weighted by Crippen LogP contribution is 2.28. The van der Waals surface area contributed by atoms with Crippen molar-refractivity contribution in [3.05, 3.63) is 30.3 Å². The van der Waals surface area contributed by atoms with Gasteiger partial charge in [0.1, 0.15) is 0 Å². The van der Waals surface area contributed by atoms with E-state index in [1.54, 1.807) is 24.3 Å². The number of para-hydroxylation sites is 1. The van der Waals surface area contributed by atoms with E-state index in [-0.39, 0.29) is 21.3 Å². The van der Waals surface area contributed by atoms with Crippen LogP contribution in [0.3, 0.4) is 0 Å². The molecule has 2 rings (SSSR count). The first kappa shape index (κ1) is 19.3. The van der Waals surface area contributed by atoms with Crippen molar-refractivity contribution in [3.63, 3.8) is 0 Å². The summed E-state index contributed by atoms with van der Waals surface area (Å²) in [4.78, 5) is 11.6. The molecule has 0 aliphatic carbocycles. The van der Waals surface area contributed by atoms with E-state index in [0.29, 0.717) is 25.1 Å². The van der Waals surface area contributed by atoms with Crippen molar-refractivity contribution in [2.75, 3.05) is 16.2 Å². The Hall–Kier alpha value is -2.00. The van der Waals surface area contributed by atoms with Gasteiger partial charge in [-0.2, -0.15) is 8.42 Å². The smallest absolute Gasteiger partial charge is 0.293 e. The van der Waals surface area contributed by atoms with Crippen molar-refractivity contribution >= 4 is 38.1 Å². The number of nitrogens with one attached hydrogen (secondary N) is 1. The predicted molar refractivity (Wildman–Crippen MR) is 99.3 cm³/mol. The molecule has 25 heavy (non-hydrogen) atoms. The molecule has 2 aromatic rings. The average molecular weight is 383 g/mol. The maximum atomic E-state index is 13.0. The maximum absolute atomic E-state index is 13.0. The molecule has 0 bridgehead atoms. The number of nitrogens with zero attached hydrogens (tertiary/aromatic N) is 3. The van der Waals surface area contributed by atoms with Crippen LogP contribution in [0.4, 0.5) is 10.8 Å². The van der Waals surface area contributed by atoms with Crippen molar-refractivity contribution < 1.29 is 13.2 Å². The molecule has 0 saturated heterocycles. The normalized spacial score (nSPS) is 11.5. The molecule has 1 aromatic heterocycles. The number of benzene rings is 1. The summed E-state index contributed by atoms with van der Waals surface area (Å²) in [5, 5.41) is 10.3. The van der Waals surface area contributed by atoms with Crippen LogP contribution in [0.25, 0.3) is 0 Å². The average Bonchev–Trinajstić information content (AvgIpc) is 3.02. The minimum atomic E-state index is -3.85. The number of rotatable bonds is 8. The summed E-state index contributed by atoms with van der Waals surface area (Å²) in [6.07, 6.45) is 1.05. The first-order valence-corrected chi connectivity index (χ1v) is 10.3. The number of hydrogen-bond acceptors (Lipinski definition) is 6. The molecule has 1 N–H and O–H groups in total. The van der Waals surface area contributed by atoms with Gasteiger partial charge in [-0.05, 0) is 24.5 Å². The second-order valence-electron chi connectivity index (χ2n) is 5.94. The van der Waals surface area contributed by atoms with Gasteiger partial charge in [-0.25, -0.2) is 0 Å². The molecule has 1 amide bonds. The van der Waals surface area contributed by atoms with Crippen LogP contribution in [-0.2, 0) is 14.8 Å². The van der Waals surface area contributed by atoms with Crippen molar-refractivity contribution in [1.29, 1.82) is 0 Å². The highest BCUT2D eigenvalue weighted by atomic mass is 32.2. The van der Waals surface area contributed by atoms with Crippen molar-refractivity contribution in [2.45, 2.75) is 38.0 Å².